The molecule has 16 heavy (non-hydrogen) atoms. The zero-order valence-electron chi connectivity index (χ0n) is 9.19. The fraction of sp³-hybridized carbons (Fsp3) is 0.818. The van der Waals surface area contributed by atoms with Crippen LogP contribution >= 0.6 is 0 Å². The average molecular weight is 224 g/mol. The Kier molecular flexibility index (Phi) is 3.13. The van der Waals surface area contributed by atoms with Crippen molar-refractivity contribution in [2.45, 2.75) is 37.4 Å². The fourth-order valence-electron chi connectivity index (χ4n) is 2.52. The van der Waals surface area contributed by atoms with Gasteiger partial charge in [0.15, 0.2) is 0 Å². The van der Waals surface area contributed by atoms with Gasteiger partial charge in [0.05, 0.1) is 17.8 Å². The normalized spacial score (nSPS) is 34.0. The number of hydrogen-bond donors (Lipinski definition) is 1. The Morgan fingerprint density at radius 1 is 1.69 bits per heavy atom. The molecule has 1 N–H and O–H groups in total. The minimum Gasteiger partial charge on any atom is -0.393 e. The van der Waals surface area contributed by atoms with Gasteiger partial charge in [-0.3, -0.25) is 4.79 Å². The van der Waals surface area contributed by atoms with Gasteiger partial charge in [-0.2, -0.15) is 5.26 Å². The molecule has 1 amide bonds. The minimum absolute atomic E-state index is 0.0708. The van der Waals surface area contributed by atoms with Crippen LogP contribution in [-0.2, 0) is 9.53 Å². The predicted octanol–water partition coefficient (Wildman–Crippen LogP) is 0.0425. The molecule has 1 spiro atoms. The Morgan fingerprint density at radius 2 is 2.50 bits per heavy atom. The molecule has 0 aromatic carbocycles. The summed E-state index contributed by atoms with van der Waals surface area (Å²) in [6, 6.07) is 1.86. The third kappa shape index (κ3) is 2.18. The fourth-order valence-corrected chi connectivity index (χ4v) is 2.52. The summed E-state index contributed by atoms with van der Waals surface area (Å²) in [5.41, 5.74) is -0.358. The molecule has 2 aliphatic rings. The Labute approximate surface area is 94.6 Å². The first-order chi connectivity index (χ1) is 7.65. The van der Waals surface area contributed by atoms with E-state index in [9.17, 15) is 9.90 Å². The van der Waals surface area contributed by atoms with Crippen molar-refractivity contribution in [1.29, 1.82) is 5.26 Å². The van der Waals surface area contributed by atoms with Gasteiger partial charge in [-0.25, -0.2) is 0 Å². The second kappa shape index (κ2) is 4.40. The molecule has 0 saturated carbocycles. The third-order valence-corrected chi connectivity index (χ3v) is 3.37. The lowest BCUT2D eigenvalue weighted by Gasteiger charge is -2.36. The highest BCUT2D eigenvalue weighted by Crippen LogP contribution is 2.34. The number of nitriles is 1. The largest absolute Gasteiger partial charge is 0.393 e. The van der Waals surface area contributed by atoms with E-state index in [4.69, 9.17) is 10.00 Å². The Balaban J connectivity index is 1.96. The summed E-state index contributed by atoms with van der Waals surface area (Å²) in [6.07, 6.45) is 1.65. The standard InChI is InChI=1S/C11H16N2O3/c12-4-1-10(15)13-5-3-11(8-13)7-9(14)2-6-16-11/h9,14H,1-3,5-8H2/t9-,11-/m0/s1. The van der Waals surface area contributed by atoms with Crippen molar-refractivity contribution in [3.8, 4) is 6.07 Å². The molecule has 2 heterocycles. The number of amides is 1. The van der Waals surface area contributed by atoms with E-state index in [1.54, 1.807) is 4.90 Å². The first kappa shape index (κ1) is 11.4. The molecule has 2 rings (SSSR count). The number of hydrogen-bond acceptors (Lipinski definition) is 4. The van der Waals surface area contributed by atoms with Crippen molar-refractivity contribution in [1.82, 2.24) is 4.90 Å². The van der Waals surface area contributed by atoms with Crippen LogP contribution in [0.4, 0.5) is 0 Å². The molecule has 88 valence electrons. The summed E-state index contributed by atoms with van der Waals surface area (Å²) in [7, 11) is 0. The van der Waals surface area contributed by atoms with Gasteiger partial charge in [-0.15, -0.1) is 0 Å². The van der Waals surface area contributed by atoms with Crippen molar-refractivity contribution in [2.75, 3.05) is 19.7 Å². The maximum absolute atomic E-state index is 11.5. The second-order valence-electron chi connectivity index (χ2n) is 4.58. The van der Waals surface area contributed by atoms with Crippen LogP contribution in [0.15, 0.2) is 0 Å². The number of aliphatic hydroxyl groups excluding tert-OH is 1. The van der Waals surface area contributed by atoms with Gasteiger partial charge in [0.25, 0.3) is 0 Å². The summed E-state index contributed by atoms with van der Waals surface area (Å²) in [6.45, 7) is 1.71. The molecular formula is C11H16N2O3. The zero-order valence-corrected chi connectivity index (χ0v) is 9.19. The van der Waals surface area contributed by atoms with E-state index in [1.807, 2.05) is 6.07 Å². The lowest BCUT2D eigenvalue weighted by molar-refractivity contribution is -0.135. The van der Waals surface area contributed by atoms with Crippen LogP contribution in [-0.4, -0.2) is 47.3 Å². The average Bonchev–Trinajstić information content (AvgIpc) is 2.62. The van der Waals surface area contributed by atoms with Crippen LogP contribution < -0.4 is 0 Å². The van der Waals surface area contributed by atoms with Crippen LogP contribution in [0.2, 0.25) is 0 Å². The number of aliphatic hydroxyl groups is 1. The van der Waals surface area contributed by atoms with Gasteiger partial charge >= 0.3 is 0 Å². The maximum Gasteiger partial charge on any atom is 0.236 e. The highest BCUT2D eigenvalue weighted by molar-refractivity contribution is 5.78. The van der Waals surface area contributed by atoms with Gasteiger partial charge in [0.1, 0.15) is 6.42 Å². The SMILES string of the molecule is N#CCC(=O)N1CC[C@]2(C[C@@H](O)CCO2)C1. The summed E-state index contributed by atoms with van der Waals surface area (Å²) in [5.74, 6) is -0.136. The van der Waals surface area contributed by atoms with E-state index in [0.29, 0.717) is 32.5 Å². The molecule has 2 aliphatic heterocycles. The Morgan fingerprint density at radius 3 is 3.19 bits per heavy atom. The monoisotopic (exact) mass is 224 g/mol. The molecule has 2 atom stereocenters. The van der Waals surface area contributed by atoms with Crippen molar-refractivity contribution in [2.24, 2.45) is 0 Å². The predicted molar refractivity (Wildman–Crippen MR) is 55.4 cm³/mol. The molecule has 2 saturated heterocycles. The molecule has 2 fully saturated rings. The topological polar surface area (TPSA) is 73.6 Å². The Hall–Kier alpha value is -1.12. The molecule has 0 aromatic heterocycles. The van der Waals surface area contributed by atoms with Crippen LogP contribution in [0, 0.1) is 11.3 Å². The highest BCUT2D eigenvalue weighted by Gasteiger charge is 2.44. The number of nitrogens with zero attached hydrogens (tertiary/aromatic N) is 2. The lowest BCUT2D eigenvalue weighted by atomic mass is 9.91. The minimum atomic E-state index is -0.358. The first-order valence-corrected chi connectivity index (χ1v) is 5.62. The highest BCUT2D eigenvalue weighted by atomic mass is 16.5. The second-order valence-corrected chi connectivity index (χ2v) is 4.58. The number of ether oxygens (including phenoxy) is 1. The van der Waals surface area contributed by atoms with Crippen LogP contribution in [0.5, 0.6) is 0 Å². The van der Waals surface area contributed by atoms with Gasteiger partial charge in [0.2, 0.25) is 5.91 Å². The van der Waals surface area contributed by atoms with Gasteiger partial charge < -0.3 is 14.7 Å². The van der Waals surface area contributed by atoms with Gasteiger partial charge in [0, 0.05) is 26.1 Å². The maximum atomic E-state index is 11.5. The quantitative estimate of drug-likeness (QED) is 0.682. The zero-order chi connectivity index (χ0) is 11.6. The van der Waals surface area contributed by atoms with Crippen LogP contribution in [0.1, 0.15) is 25.7 Å². The van der Waals surface area contributed by atoms with E-state index in [0.717, 1.165) is 6.42 Å². The van der Waals surface area contributed by atoms with Crippen molar-refractivity contribution < 1.29 is 14.6 Å². The number of likely N-dealkylation sites (tertiary alicyclic amines) is 1. The summed E-state index contributed by atoms with van der Waals surface area (Å²) >= 11 is 0. The van der Waals surface area contributed by atoms with Crippen molar-refractivity contribution in [3.63, 3.8) is 0 Å². The number of carbonyl (C=O) groups excluding carboxylic acids is 1. The number of rotatable bonds is 1. The van der Waals surface area contributed by atoms with Gasteiger partial charge in [-0.05, 0) is 12.8 Å². The first-order valence-electron chi connectivity index (χ1n) is 5.62. The molecular weight excluding hydrogens is 208 g/mol. The van der Waals surface area contributed by atoms with E-state index in [1.165, 1.54) is 0 Å². The van der Waals surface area contributed by atoms with Gasteiger partial charge in [-0.1, -0.05) is 0 Å². The molecule has 0 radical (unpaired) electrons. The smallest absolute Gasteiger partial charge is 0.236 e. The summed E-state index contributed by atoms with van der Waals surface area (Å²) in [5, 5.41) is 18.1. The van der Waals surface area contributed by atoms with Crippen LogP contribution in [0.25, 0.3) is 0 Å². The van der Waals surface area contributed by atoms with E-state index >= 15 is 0 Å². The number of carbonyl (C=O) groups is 1. The summed E-state index contributed by atoms with van der Waals surface area (Å²) < 4.78 is 5.72. The van der Waals surface area contributed by atoms with E-state index in [2.05, 4.69) is 0 Å². The Bertz CT molecular complexity index is 326. The molecule has 0 aliphatic carbocycles. The van der Waals surface area contributed by atoms with Crippen molar-refractivity contribution in [3.05, 3.63) is 0 Å². The molecule has 5 nitrogen and oxygen atoms in total. The summed E-state index contributed by atoms with van der Waals surface area (Å²) in [4.78, 5) is 13.2. The molecule has 5 heteroatoms. The van der Waals surface area contributed by atoms with Crippen LogP contribution in [0.3, 0.4) is 0 Å². The molecule has 0 unspecified atom stereocenters. The molecule has 0 bridgehead atoms. The van der Waals surface area contributed by atoms with E-state index in [-0.39, 0.29) is 24.0 Å². The van der Waals surface area contributed by atoms with Crippen molar-refractivity contribution >= 4 is 5.91 Å². The lowest BCUT2D eigenvalue weighted by Crippen LogP contribution is -2.44. The third-order valence-electron chi connectivity index (χ3n) is 3.37. The van der Waals surface area contributed by atoms with E-state index < -0.39 is 0 Å². The molecule has 0 aromatic rings.